The Hall–Kier alpha value is -4.09. The van der Waals surface area contributed by atoms with Crippen molar-refractivity contribution in [2.75, 3.05) is 0 Å². The molecule has 0 aliphatic rings. The standard InChI is InChI=1S/C28H21ClN2O3/c1-2-17-12-13-21(14-23(17)27(32)33)34-28-30-25-15-22(24(29)16-26(25)31-28)20-10-8-19(9-11-20)18-6-4-3-5-7-18/h3-16H,2H2,1H3,(H,30,31)(H,32,33). The fourth-order valence-electron chi connectivity index (χ4n) is 3.99. The van der Waals surface area contributed by atoms with Crippen molar-refractivity contribution >= 4 is 28.6 Å². The number of carbonyl (C=O) groups is 1. The second kappa shape index (κ2) is 9.04. The minimum absolute atomic E-state index is 0.223. The molecular formula is C28H21ClN2O3. The number of carboxylic acid groups (broad SMARTS) is 1. The summed E-state index contributed by atoms with van der Waals surface area (Å²) in [6, 6.07) is 27.5. The number of aryl methyl sites for hydroxylation is 1. The highest BCUT2D eigenvalue weighted by Crippen LogP contribution is 2.34. The van der Waals surface area contributed by atoms with Crippen molar-refractivity contribution in [3.05, 3.63) is 101 Å². The summed E-state index contributed by atoms with van der Waals surface area (Å²) in [6.07, 6.45) is 0.625. The lowest BCUT2D eigenvalue weighted by Crippen LogP contribution is -2.02. The predicted molar refractivity (Wildman–Crippen MR) is 135 cm³/mol. The van der Waals surface area contributed by atoms with Crippen LogP contribution >= 0.6 is 11.6 Å². The molecule has 34 heavy (non-hydrogen) atoms. The molecule has 0 aliphatic carbocycles. The molecule has 0 saturated heterocycles. The molecule has 0 bridgehead atoms. The number of aromatic amines is 1. The first-order chi connectivity index (χ1) is 16.5. The van der Waals surface area contributed by atoms with E-state index >= 15 is 0 Å². The third-order valence-electron chi connectivity index (χ3n) is 5.76. The van der Waals surface area contributed by atoms with Gasteiger partial charge in [-0.25, -0.2) is 4.79 Å². The van der Waals surface area contributed by atoms with Crippen LogP contribution in [0.3, 0.4) is 0 Å². The molecule has 5 rings (SSSR count). The number of carboxylic acids is 1. The zero-order valence-corrected chi connectivity index (χ0v) is 19.1. The zero-order valence-electron chi connectivity index (χ0n) is 18.4. The molecule has 0 saturated carbocycles. The van der Waals surface area contributed by atoms with Crippen molar-refractivity contribution in [3.8, 4) is 34.0 Å². The van der Waals surface area contributed by atoms with E-state index in [1.165, 1.54) is 6.07 Å². The molecule has 5 nitrogen and oxygen atoms in total. The van der Waals surface area contributed by atoms with Crippen LogP contribution in [0.1, 0.15) is 22.8 Å². The lowest BCUT2D eigenvalue weighted by molar-refractivity contribution is 0.0695. The van der Waals surface area contributed by atoms with Crippen LogP contribution in [0.15, 0.2) is 84.9 Å². The van der Waals surface area contributed by atoms with Crippen molar-refractivity contribution in [3.63, 3.8) is 0 Å². The second-order valence-corrected chi connectivity index (χ2v) is 8.32. The van der Waals surface area contributed by atoms with E-state index in [0.29, 0.717) is 22.7 Å². The number of hydrogen-bond donors (Lipinski definition) is 2. The van der Waals surface area contributed by atoms with Crippen LogP contribution in [0.25, 0.3) is 33.3 Å². The Morgan fingerprint density at radius 2 is 1.65 bits per heavy atom. The van der Waals surface area contributed by atoms with Gasteiger partial charge in [0, 0.05) is 5.56 Å². The highest BCUT2D eigenvalue weighted by molar-refractivity contribution is 6.34. The number of imidazole rings is 1. The van der Waals surface area contributed by atoms with E-state index in [4.69, 9.17) is 16.3 Å². The Bertz CT molecular complexity index is 1490. The summed E-state index contributed by atoms with van der Waals surface area (Å²) >= 11 is 6.60. The molecule has 0 amide bonds. The second-order valence-electron chi connectivity index (χ2n) is 7.91. The number of ether oxygens (including phenoxy) is 1. The molecule has 0 fully saturated rings. The van der Waals surface area contributed by atoms with Crippen molar-refractivity contribution < 1.29 is 14.6 Å². The Morgan fingerprint density at radius 3 is 2.35 bits per heavy atom. The number of nitrogens with one attached hydrogen (secondary N) is 1. The van der Waals surface area contributed by atoms with Gasteiger partial charge in [-0.1, -0.05) is 79.2 Å². The third kappa shape index (κ3) is 4.26. The highest BCUT2D eigenvalue weighted by atomic mass is 35.5. The fraction of sp³-hybridized carbons (Fsp3) is 0.0714. The number of aromatic nitrogens is 2. The number of halogens is 1. The quantitative estimate of drug-likeness (QED) is 0.269. The maximum Gasteiger partial charge on any atom is 0.336 e. The smallest absolute Gasteiger partial charge is 0.336 e. The van der Waals surface area contributed by atoms with Gasteiger partial charge in [0.05, 0.1) is 21.6 Å². The van der Waals surface area contributed by atoms with Gasteiger partial charge in [-0.2, -0.15) is 4.98 Å². The Morgan fingerprint density at radius 1 is 0.941 bits per heavy atom. The molecule has 0 atom stereocenters. The first-order valence-electron chi connectivity index (χ1n) is 10.9. The molecule has 5 aromatic rings. The summed E-state index contributed by atoms with van der Waals surface area (Å²) in [5.41, 5.74) is 6.54. The van der Waals surface area contributed by atoms with E-state index in [9.17, 15) is 9.90 Å². The van der Waals surface area contributed by atoms with Crippen LogP contribution in [0.4, 0.5) is 0 Å². The van der Waals surface area contributed by atoms with E-state index in [-0.39, 0.29) is 11.6 Å². The van der Waals surface area contributed by atoms with Gasteiger partial charge < -0.3 is 14.8 Å². The molecule has 2 N–H and O–H groups in total. The van der Waals surface area contributed by atoms with Gasteiger partial charge in [0.1, 0.15) is 5.75 Å². The maximum absolute atomic E-state index is 11.5. The van der Waals surface area contributed by atoms with Gasteiger partial charge in [0.25, 0.3) is 6.01 Å². The average Bonchev–Trinajstić information content (AvgIpc) is 3.25. The van der Waals surface area contributed by atoms with E-state index in [0.717, 1.165) is 33.3 Å². The Balaban J connectivity index is 1.44. The summed E-state index contributed by atoms with van der Waals surface area (Å²) < 4.78 is 5.83. The molecule has 0 radical (unpaired) electrons. The summed E-state index contributed by atoms with van der Waals surface area (Å²) in [6.45, 7) is 1.91. The summed E-state index contributed by atoms with van der Waals surface area (Å²) in [4.78, 5) is 19.2. The molecular weight excluding hydrogens is 448 g/mol. The first kappa shape index (κ1) is 21.7. The Kier molecular flexibility index (Phi) is 5.78. The van der Waals surface area contributed by atoms with Crippen molar-refractivity contribution in [2.24, 2.45) is 0 Å². The van der Waals surface area contributed by atoms with Gasteiger partial charge in [0.15, 0.2) is 0 Å². The summed E-state index contributed by atoms with van der Waals surface area (Å²) in [5.74, 6) is -0.585. The topological polar surface area (TPSA) is 75.2 Å². The first-order valence-corrected chi connectivity index (χ1v) is 11.3. The van der Waals surface area contributed by atoms with E-state index < -0.39 is 5.97 Å². The van der Waals surface area contributed by atoms with E-state index in [2.05, 4.69) is 34.2 Å². The predicted octanol–water partition coefficient (Wildman–Crippen LogP) is 7.60. The Labute approximate surface area is 201 Å². The molecule has 6 heteroatoms. The molecule has 0 unspecified atom stereocenters. The highest BCUT2D eigenvalue weighted by Gasteiger charge is 2.14. The number of aromatic carboxylic acids is 1. The normalized spacial score (nSPS) is 11.0. The van der Waals surface area contributed by atoms with Gasteiger partial charge >= 0.3 is 5.97 Å². The number of H-pyrrole nitrogens is 1. The summed E-state index contributed by atoms with van der Waals surface area (Å²) in [5, 5.41) is 10.1. The van der Waals surface area contributed by atoms with Gasteiger partial charge in [-0.15, -0.1) is 0 Å². The average molecular weight is 469 g/mol. The molecule has 168 valence electrons. The third-order valence-corrected chi connectivity index (χ3v) is 6.07. The molecule has 1 aromatic heterocycles. The number of nitrogens with zero attached hydrogens (tertiary/aromatic N) is 1. The largest absolute Gasteiger partial charge is 0.478 e. The zero-order chi connectivity index (χ0) is 23.7. The molecule has 0 spiro atoms. The number of hydrogen-bond acceptors (Lipinski definition) is 3. The lowest BCUT2D eigenvalue weighted by Gasteiger charge is -2.07. The summed E-state index contributed by atoms with van der Waals surface area (Å²) in [7, 11) is 0. The van der Waals surface area contributed by atoms with Crippen LogP contribution in [0.2, 0.25) is 5.02 Å². The minimum atomic E-state index is -0.985. The number of rotatable bonds is 6. The SMILES string of the molecule is CCc1ccc(Oc2nc3cc(-c4ccc(-c5ccccc5)cc4)c(Cl)cc3[nH]2)cc1C(=O)O. The van der Waals surface area contributed by atoms with E-state index in [1.807, 2.05) is 49.4 Å². The molecule has 0 aliphatic heterocycles. The molecule has 1 heterocycles. The van der Waals surface area contributed by atoms with Crippen LogP contribution in [-0.4, -0.2) is 21.0 Å². The minimum Gasteiger partial charge on any atom is -0.478 e. The van der Waals surface area contributed by atoms with Crippen LogP contribution in [0, 0.1) is 0 Å². The van der Waals surface area contributed by atoms with E-state index in [1.54, 1.807) is 12.1 Å². The number of fused-ring (bicyclic) bond motifs is 1. The van der Waals surface area contributed by atoms with Gasteiger partial charge in [0.2, 0.25) is 0 Å². The molecule has 4 aromatic carbocycles. The van der Waals surface area contributed by atoms with Crippen LogP contribution < -0.4 is 4.74 Å². The number of benzene rings is 4. The fourth-order valence-corrected chi connectivity index (χ4v) is 4.26. The van der Waals surface area contributed by atoms with Crippen molar-refractivity contribution in [2.45, 2.75) is 13.3 Å². The van der Waals surface area contributed by atoms with Crippen molar-refractivity contribution in [1.29, 1.82) is 0 Å². The monoisotopic (exact) mass is 468 g/mol. The maximum atomic E-state index is 11.5. The van der Waals surface area contributed by atoms with Gasteiger partial charge in [-0.05, 0) is 52.9 Å². The van der Waals surface area contributed by atoms with Gasteiger partial charge in [-0.3, -0.25) is 0 Å². The lowest BCUT2D eigenvalue weighted by atomic mass is 10.00. The van der Waals surface area contributed by atoms with Crippen LogP contribution in [-0.2, 0) is 6.42 Å². The van der Waals surface area contributed by atoms with Crippen molar-refractivity contribution in [1.82, 2.24) is 9.97 Å². The van der Waals surface area contributed by atoms with Crippen LogP contribution in [0.5, 0.6) is 11.8 Å².